The summed E-state index contributed by atoms with van der Waals surface area (Å²) >= 11 is 6.02. The number of hydrogen-bond acceptors (Lipinski definition) is 4. The second-order valence-corrected chi connectivity index (χ2v) is 7.27. The smallest absolute Gasteiger partial charge is 0.240 e. The molecule has 1 aliphatic carbocycles. The third-order valence-electron chi connectivity index (χ3n) is 5.19. The molecule has 3 atom stereocenters. The summed E-state index contributed by atoms with van der Waals surface area (Å²) in [7, 11) is 1.61. The minimum atomic E-state index is -0.931. The molecule has 3 unspecified atom stereocenters. The van der Waals surface area contributed by atoms with Gasteiger partial charge in [-0.15, -0.1) is 12.4 Å². The van der Waals surface area contributed by atoms with Gasteiger partial charge in [-0.1, -0.05) is 37.6 Å². The van der Waals surface area contributed by atoms with Crippen molar-refractivity contribution in [1.82, 2.24) is 5.32 Å². The molecule has 1 amide bonds. The van der Waals surface area contributed by atoms with Crippen molar-refractivity contribution < 1.29 is 14.3 Å². The maximum absolute atomic E-state index is 12.7. The minimum Gasteiger partial charge on any atom is -0.378 e. The van der Waals surface area contributed by atoms with E-state index in [4.69, 9.17) is 26.8 Å². The fourth-order valence-electron chi connectivity index (χ4n) is 3.21. The molecule has 0 spiro atoms. The highest BCUT2D eigenvalue weighted by Crippen LogP contribution is 2.49. The van der Waals surface area contributed by atoms with Crippen LogP contribution >= 0.6 is 24.0 Å². The van der Waals surface area contributed by atoms with Gasteiger partial charge in [0.2, 0.25) is 5.91 Å². The highest BCUT2D eigenvalue weighted by atomic mass is 35.5. The average molecular weight is 391 g/mol. The second-order valence-electron chi connectivity index (χ2n) is 6.83. The Morgan fingerprint density at radius 3 is 2.68 bits per heavy atom. The number of benzene rings is 1. The van der Waals surface area contributed by atoms with Gasteiger partial charge in [-0.25, -0.2) is 0 Å². The van der Waals surface area contributed by atoms with Crippen LogP contribution < -0.4 is 11.1 Å². The van der Waals surface area contributed by atoms with E-state index < -0.39 is 11.0 Å². The number of halogens is 2. The summed E-state index contributed by atoms with van der Waals surface area (Å²) in [5.74, 6) is -0.174. The fraction of sp³-hybridized carbons (Fsp3) is 0.611. The number of hydrogen-bond donors (Lipinski definition) is 2. The maximum atomic E-state index is 12.7. The van der Waals surface area contributed by atoms with E-state index in [0.717, 1.165) is 5.56 Å². The van der Waals surface area contributed by atoms with Gasteiger partial charge in [0, 0.05) is 37.1 Å². The molecular weight excluding hydrogens is 363 g/mol. The molecule has 0 aliphatic heterocycles. The van der Waals surface area contributed by atoms with Crippen molar-refractivity contribution in [1.29, 1.82) is 0 Å². The molecule has 25 heavy (non-hydrogen) atoms. The molecule has 3 N–H and O–H groups in total. The van der Waals surface area contributed by atoms with E-state index in [2.05, 4.69) is 5.32 Å². The molecule has 1 fully saturated rings. The van der Waals surface area contributed by atoms with Gasteiger partial charge in [-0.05, 0) is 24.6 Å². The van der Waals surface area contributed by atoms with Crippen LogP contribution in [-0.4, -0.2) is 37.8 Å². The predicted octanol–water partition coefficient (Wildman–Crippen LogP) is 3.10. The van der Waals surface area contributed by atoms with Crippen LogP contribution in [0.25, 0.3) is 0 Å². The van der Waals surface area contributed by atoms with E-state index in [1.54, 1.807) is 13.2 Å². The lowest BCUT2D eigenvalue weighted by Crippen LogP contribution is -2.75. The Labute approximate surface area is 161 Å². The van der Waals surface area contributed by atoms with Crippen molar-refractivity contribution >= 4 is 29.9 Å². The molecule has 0 aromatic heterocycles. The SMILES string of the molecule is CCOC1CC(N)(C(=O)NCC(OC)c2cccc(Cl)c2)C1(C)C.Cl. The van der Waals surface area contributed by atoms with Crippen LogP contribution in [0.5, 0.6) is 0 Å². The Hall–Kier alpha value is -0.850. The molecule has 1 aromatic rings. The highest BCUT2D eigenvalue weighted by molar-refractivity contribution is 6.30. The molecule has 7 heteroatoms. The summed E-state index contributed by atoms with van der Waals surface area (Å²) < 4.78 is 11.1. The quantitative estimate of drug-likeness (QED) is 0.749. The Balaban J connectivity index is 0.00000312. The van der Waals surface area contributed by atoms with E-state index >= 15 is 0 Å². The monoisotopic (exact) mass is 390 g/mol. The van der Waals surface area contributed by atoms with Gasteiger partial charge in [-0.2, -0.15) is 0 Å². The first-order valence-electron chi connectivity index (χ1n) is 8.23. The van der Waals surface area contributed by atoms with Crippen LogP contribution in [-0.2, 0) is 14.3 Å². The Kier molecular flexibility index (Phi) is 7.71. The fourth-order valence-corrected chi connectivity index (χ4v) is 3.41. The predicted molar refractivity (Wildman–Crippen MR) is 102 cm³/mol. The summed E-state index contributed by atoms with van der Waals surface area (Å²) in [6.45, 7) is 6.85. The number of nitrogens with one attached hydrogen (secondary N) is 1. The summed E-state index contributed by atoms with van der Waals surface area (Å²) in [4.78, 5) is 12.7. The van der Waals surface area contributed by atoms with Gasteiger partial charge >= 0.3 is 0 Å². The zero-order valence-electron chi connectivity index (χ0n) is 15.2. The van der Waals surface area contributed by atoms with E-state index in [9.17, 15) is 4.79 Å². The molecular formula is C18H28Cl2N2O3. The van der Waals surface area contributed by atoms with Gasteiger partial charge in [0.1, 0.15) is 5.54 Å². The molecule has 1 aromatic carbocycles. The maximum Gasteiger partial charge on any atom is 0.240 e. The van der Waals surface area contributed by atoms with Gasteiger partial charge in [0.15, 0.2) is 0 Å². The number of nitrogens with two attached hydrogens (primary N) is 1. The molecule has 0 saturated heterocycles. The molecule has 142 valence electrons. The number of methoxy groups -OCH3 is 1. The van der Waals surface area contributed by atoms with Crippen molar-refractivity contribution in [3.05, 3.63) is 34.9 Å². The van der Waals surface area contributed by atoms with E-state index in [-0.39, 0.29) is 30.5 Å². The number of rotatable bonds is 7. The minimum absolute atomic E-state index is 0. The molecule has 0 radical (unpaired) electrons. The molecule has 5 nitrogen and oxygen atoms in total. The summed E-state index contributed by atoms with van der Waals surface area (Å²) in [6.07, 6.45) is 0.251. The van der Waals surface area contributed by atoms with Crippen molar-refractivity contribution in [3.8, 4) is 0 Å². The van der Waals surface area contributed by atoms with E-state index in [1.165, 1.54) is 0 Å². The van der Waals surface area contributed by atoms with Crippen LogP contribution in [0.15, 0.2) is 24.3 Å². The average Bonchev–Trinajstić information content (AvgIpc) is 2.55. The Morgan fingerprint density at radius 1 is 1.48 bits per heavy atom. The summed E-state index contributed by atoms with van der Waals surface area (Å²) in [6, 6.07) is 7.41. The molecule has 0 heterocycles. The lowest BCUT2D eigenvalue weighted by Gasteiger charge is -2.57. The number of carbonyl (C=O) groups excluding carboxylic acids is 1. The van der Waals surface area contributed by atoms with Gasteiger partial charge in [0.05, 0.1) is 12.2 Å². The van der Waals surface area contributed by atoms with Gasteiger partial charge in [0.25, 0.3) is 0 Å². The van der Waals surface area contributed by atoms with Crippen LogP contribution in [0.1, 0.15) is 38.9 Å². The number of carbonyl (C=O) groups is 1. The van der Waals surface area contributed by atoms with Crippen LogP contribution in [0.2, 0.25) is 5.02 Å². The van der Waals surface area contributed by atoms with Crippen LogP contribution in [0.4, 0.5) is 0 Å². The molecule has 2 rings (SSSR count). The van der Waals surface area contributed by atoms with Crippen molar-refractivity contribution in [3.63, 3.8) is 0 Å². The van der Waals surface area contributed by atoms with Crippen LogP contribution in [0.3, 0.4) is 0 Å². The number of ether oxygens (including phenoxy) is 2. The van der Waals surface area contributed by atoms with E-state index in [1.807, 2.05) is 39.0 Å². The summed E-state index contributed by atoms with van der Waals surface area (Å²) in [5.41, 5.74) is 5.95. The zero-order valence-corrected chi connectivity index (χ0v) is 16.7. The third kappa shape index (κ3) is 4.29. The van der Waals surface area contributed by atoms with E-state index in [0.29, 0.717) is 24.6 Å². The third-order valence-corrected chi connectivity index (χ3v) is 5.42. The number of amides is 1. The van der Waals surface area contributed by atoms with Gasteiger partial charge in [-0.3, -0.25) is 4.79 Å². The Bertz CT molecular complexity index is 597. The lowest BCUT2D eigenvalue weighted by molar-refractivity contribution is -0.171. The van der Waals surface area contributed by atoms with Crippen LogP contribution in [0, 0.1) is 5.41 Å². The first-order valence-corrected chi connectivity index (χ1v) is 8.61. The van der Waals surface area contributed by atoms with Crippen molar-refractivity contribution in [2.24, 2.45) is 11.1 Å². The zero-order chi connectivity index (χ0) is 18.0. The largest absolute Gasteiger partial charge is 0.378 e. The highest BCUT2D eigenvalue weighted by Gasteiger charge is 2.62. The molecule has 1 saturated carbocycles. The second kappa shape index (κ2) is 8.69. The standard InChI is InChI=1S/C18H27ClN2O3.ClH/c1-5-24-15-10-18(20,17(15,2)3)16(22)21-11-14(23-4)12-7-6-8-13(19)9-12;/h6-9,14-15H,5,10-11,20H2,1-4H3,(H,21,22);1H. The summed E-state index contributed by atoms with van der Waals surface area (Å²) in [5, 5.41) is 3.56. The lowest BCUT2D eigenvalue weighted by atomic mass is 9.54. The molecule has 0 bridgehead atoms. The van der Waals surface area contributed by atoms with Gasteiger partial charge < -0.3 is 20.5 Å². The topological polar surface area (TPSA) is 73.6 Å². The first kappa shape index (κ1) is 22.2. The normalized spacial score (nSPS) is 25.4. The first-order chi connectivity index (χ1) is 11.3. The van der Waals surface area contributed by atoms with Crippen molar-refractivity contribution in [2.75, 3.05) is 20.3 Å². The van der Waals surface area contributed by atoms with Crippen molar-refractivity contribution in [2.45, 2.75) is 44.9 Å². The Morgan fingerprint density at radius 2 is 2.16 bits per heavy atom. The molecule has 1 aliphatic rings.